The summed E-state index contributed by atoms with van der Waals surface area (Å²) >= 11 is 0. The van der Waals surface area contributed by atoms with Crippen LogP contribution in [-0.4, -0.2) is 64.1 Å². The molecular formula is C29H35N2O4+. The van der Waals surface area contributed by atoms with E-state index in [0.29, 0.717) is 31.7 Å². The fourth-order valence-corrected chi connectivity index (χ4v) is 9.52. The molecule has 4 aliphatic heterocycles. The molecule has 4 heterocycles. The summed E-state index contributed by atoms with van der Waals surface area (Å²) in [6.45, 7) is 4.85. The van der Waals surface area contributed by atoms with Gasteiger partial charge in [-0.2, -0.15) is 0 Å². The maximum absolute atomic E-state index is 13.3. The highest BCUT2D eigenvalue weighted by molar-refractivity contribution is 5.88. The molecule has 0 aromatic heterocycles. The van der Waals surface area contributed by atoms with Crippen molar-refractivity contribution in [2.24, 2.45) is 11.7 Å². The maximum atomic E-state index is 13.3. The van der Waals surface area contributed by atoms with Crippen molar-refractivity contribution in [3.63, 3.8) is 0 Å². The number of primary amides is 1. The van der Waals surface area contributed by atoms with Crippen molar-refractivity contribution in [2.75, 3.05) is 19.6 Å². The number of carbonyl (C=O) groups excluding carboxylic acids is 1. The lowest BCUT2D eigenvalue weighted by molar-refractivity contribution is -0.964. The third kappa shape index (κ3) is 2.27. The Kier molecular flexibility index (Phi) is 3.72. The van der Waals surface area contributed by atoms with Gasteiger partial charge in [-0.3, -0.25) is 4.79 Å². The van der Waals surface area contributed by atoms with Crippen LogP contribution in [0, 0.1) is 5.92 Å². The van der Waals surface area contributed by atoms with E-state index in [2.05, 4.69) is 37.3 Å². The molecule has 35 heavy (non-hydrogen) atoms. The van der Waals surface area contributed by atoms with Crippen LogP contribution in [0.3, 0.4) is 0 Å². The number of aliphatic hydroxyl groups is 1. The monoisotopic (exact) mass is 475 g/mol. The molecule has 5 fully saturated rings. The van der Waals surface area contributed by atoms with Crippen molar-refractivity contribution in [2.45, 2.75) is 86.2 Å². The summed E-state index contributed by atoms with van der Waals surface area (Å²) < 4.78 is 14.7. The summed E-state index contributed by atoms with van der Waals surface area (Å²) in [4.78, 5) is 13.3. The second-order valence-electron chi connectivity index (χ2n) is 12.8. The van der Waals surface area contributed by atoms with Gasteiger partial charge in [0.15, 0.2) is 5.60 Å². The predicted octanol–water partition coefficient (Wildman–Crippen LogP) is 2.66. The minimum absolute atomic E-state index is 0.0730. The van der Waals surface area contributed by atoms with Gasteiger partial charge < -0.3 is 24.8 Å². The van der Waals surface area contributed by atoms with Crippen LogP contribution in [0.1, 0.15) is 56.6 Å². The average molecular weight is 476 g/mol. The minimum atomic E-state index is -1.17. The molecule has 1 aromatic carbocycles. The van der Waals surface area contributed by atoms with Gasteiger partial charge in [-0.25, -0.2) is 0 Å². The molecule has 9 rings (SSSR count). The summed E-state index contributed by atoms with van der Waals surface area (Å²) in [5.41, 5.74) is 6.48. The van der Waals surface area contributed by atoms with Crippen molar-refractivity contribution >= 4 is 5.91 Å². The fourth-order valence-electron chi connectivity index (χ4n) is 9.52. The topological polar surface area (TPSA) is 81.8 Å². The van der Waals surface area contributed by atoms with Crippen molar-refractivity contribution in [3.05, 3.63) is 53.1 Å². The number of quaternary nitrogens is 1. The number of allylic oxidation sites excluding steroid dienone is 2. The first kappa shape index (κ1) is 21.0. The molecule has 1 aromatic rings. The van der Waals surface area contributed by atoms with Gasteiger partial charge in [0.1, 0.15) is 35.6 Å². The van der Waals surface area contributed by atoms with E-state index in [0.717, 1.165) is 41.7 Å². The van der Waals surface area contributed by atoms with Crippen LogP contribution in [0.4, 0.5) is 0 Å². The number of hydrogen-bond acceptors (Lipinski definition) is 4. The van der Waals surface area contributed by atoms with E-state index >= 15 is 0 Å². The van der Waals surface area contributed by atoms with Crippen LogP contribution < -0.4 is 10.5 Å². The van der Waals surface area contributed by atoms with Crippen molar-refractivity contribution in [3.8, 4) is 5.75 Å². The van der Waals surface area contributed by atoms with Crippen LogP contribution >= 0.6 is 0 Å². The number of nitrogens with two attached hydrogens (primary N) is 1. The number of fused-ring (bicyclic) bond motifs is 2. The van der Waals surface area contributed by atoms with E-state index in [-0.39, 0.29) is 12.1 Å². The minimum Gasteiger partial charge on any atom is -0.486 e. The molecule has 1 spiro atoms. The van der Waals surface area contributed by atoms with E-state index in [4.69, 9.17) is 15.2 Å². The average Bonchev–Trinajstić information content (AvgIpc) is 3.56. The van der Waals surface area contributed by atoms with Crippen LogP contribution in [-0.2, 0) is 21.4 Å². The first-order chi connectivity index (χ1) is 16.8. The fraction of sp³-hybridized carbons (Fsp3) is 0.621. The smallest absolute Gasteiger partial charge is 0.254 e. The third-order valence-electron chi connectivity index (χ3n) is 11.1. The lowest BCUT2D eigenvalue weighted by Gasteiger charge is -2.69. The Bertz CT molecular complexity index is 1240. The summed E-state index contributed by atoms with van der Waals surface area (Å²) in [6, 6.07) is 6.49. The van der Waals surface area contributed by atoms with Crippen molar-refractivity contribution in [1.82, 2.24) is 0 Å². The number of piperidine rings is 1. The summed E-state index contributed by atoms with van der Waals surface area (Å²) in [5.74, 6) is 1.18. The number of rotatable bonds is 3. The van der Waals surface area contributed by atoms with Crippen LogP contribution in [0.5, 0.6) is 5.75 Å². The number of amides is 1. The van der Waals surface area contributed by atoms with Gasteiger partial charge in [0.2, 0.25) is 0 Å². The Morgan fingerprint density at radius 1 is 1.26 bits per heavy atom. The molecule has 1 amide bonds. The largest absolute Gasteiger partial charge is 0.486 e. The Labute approximate surface area is 206 Å². The van der Waals surface area contributed by atoms with Crippen molar-refractivity contribution < 1.29 is 23.9 Å². The SMILES string of the molecule is C[C@@]12CCC3(O)[C@H]4Cc5cccc6c5[C@@]3(CC[N+]4(CC3CC3)CC3=CC=CC[C@@]3(C(N)=O)O1)[C@H]2O6. The first-order valence-corrected chi connectivity index (χ1v) is 13.5. The third-order valence-corrected chi connectivity index (χ3v) is 11.1. The van der Waals surface area contributed by atoms with Gasteiger partial charge in [0, 0.05) is 36.3 Å². The maximum Gasteiger partial charge on any atom is 0.254 e. The first-order valence-electron chi connectivity index (χ1n) is 13.5. The number of benzene rings is 1. The molecular weight excluding hydrogens is 440 g/mol. The zero-order valence-electron chi connectivity index (χ0n) is 20.5. The zero-order valence-corrected chi connectivity index (χ0v) is 20.5. The Morgan fingerprint density at radius 2 is 2.11 bits per heavy atom. The molecule has 3 saturated heterocycles. The number of nitrogens with zero attached hydrogens (tertiary/aromatic N) is 1. The molecule has 4 aliphatic carbocycles. The van der Waals surface area contributed by atoms with E-state index in [1.165, 1.54) is 24.0 Å². The summed E-state index contributed by atoms with van der Waals surface area (Å²) in [5, 5.41) is 13.0. The molecule has 184 valence electrons. The normalized spacial score (nSPS) is 48.2. The van der Waals surface area contributed by atoms with Crippen molar-refractivity contribution in [1.29, 1.82) is 0 Å². The summed E-state index contributed by atoms with van der Waals surface area (Å²) in [7, 11) is 0. The van der Waals surface area contributed by atoms with Gasteiger partial charge in [0.05, 0.1) is 18.5 Å². The van der Waals surface area contributed by atoms with E-state index < -0.39 is 28.1 Å². The van der Waals surface area contributed by atoms with E-state index in [9.17, 15) is 9.90 Å². The van der Waals surface area contributed by atoms with Crippen LogP contribution in [0.25, 0.3) is 0 Å². The van der Waals surface area contributed by atoms with Crippen LogP contribution in [0.2, 0.25) is 0 Å². The van der Waals surface area contributed by atoms with Gasteiger partial charge >= 0.3 is 0 Å². The molecule has 6 heteroatoms. The zero-order chi connectivity index (χ0) is 23.8. The summed E-state index contributed by atoms with van der Waals surface area (Å²) in [6.07, 6.45) is 11.8. The lowest BCUT2D eigenvalue weighted by Crippen LogP contribution is -2.85. The Hall–Kier alpha value is -2.15. The Balaban J connectivity index is 1.44. The predicted molar refractivity (Wildman–Crippen MR) is 130 cm³/mol. The molecule has 6 nitrogen and oxygen atoms in total. The molecule has 8 aliphatic rings. The molecule has 2 unspecified atom stereocenters. The molecule has 2 saturated carbocycles. The molecule has 7 atom stereocenters. The highest BCUT2D eigenvalue weighted by Crippen LogP contribution is 2.68. The molecule has 5 bridgehead atoms. The molecule has 0 radical (unpaired) electrons. The number of hydrogen-bond donors (Lipinski definition) is 2. The quantitative estimate of drug-likeness (QED) is 0.659. The number of carbonyl (C=O) groups is 1. The van der Waals surface area contributed by atoms with Gasteiger partial charge in [-0.1, -0.05) is 30.4 Å². The van der Waals surface area contributed by atoms with Gasteiger partial charge in [-0.15, -0.1) is 0 Å². The number of ether oxygens (including phenoxy) is 2. The Morgan fingerprint density at radius 3 is 2.91 bits per heavy atom. The lowest BCUT2D eigenvalue weighted by atomic mass is 9.46. The highest BCUT2D eigenvalue weighted by atomic mass is 16.6. The van der Waals surface area contributed by atoms with E-state index in [1.54, 1.807) is 0 Å². The van der Waals surface area contributed by atoms with Gasteiger partial charge in [0.25, 0.3) is 5.91 Å². The van der Waals surface area contributed by atoms with E-state index in [1.807, 2.05) is 6.08 Å². The van der Waals surface area contributed by atoms with Gasteiger partial charge in [-0.05, 0) is 44.2 Å². The van der Waals surface area contributed by atoms with Crippen LogP contribution in [0.15, 0.2) is 42.0 Å². The second-order valence-corrected chi connectivity index (χ2v) is 12.8. The molecule has 3 N–H and O–H groups in total. The standard InChI is InChI=1S/C29H34N2O4/c1-26-11-12-29(33)22-15-19-5-4-7-21-23(19)27(29,24(26)34-21)13-14-31(22,16-18-8-9-18)17-20-6-2-3-10-28(20,35-26)25(30)32/h2-7,18,22,24,33H,8-17H2,1H3,(H-,30,32)/p+1/t22-,24+,26+,27+,28-,29?,31?/m1/s1. The second kappa shape index (κ2) is 6.21. The highest BCUT2D eigenvalue weighted by Gasteiger charge is 2.80.